The summed E-state index contributed by atoms with van der Waals surface area (Å²) in [5.41, 5.74) is 2.50. The van der Waals surface area contributed by atoms with E-state index in [0.29, 0.717) is 18.8 Å². The van der Waals surface area contributed by atoms with Crippen molar-refractivity contribution in [2.75, 3.05) is 35.9 Å². The van der Waals surface area contributed by atoms with Gasteiger partial charge in [-0.1, -0.05) is 54.1 Å². The number of likely N-dealkylation sites (N-methyl/N-ethyl adjacent to an activating group) is 1. The van der Waals surface area contributed by atoms with Crippen LogP contribution < -0.4 is 14.5 Å². The Morgan fingerprint density at radius 1 is 0.839 bits per heavy atom. The van der Waals surface area contributed by atoms with E-state index in [-0.39, 0.29) is 17.3 Å². The first-order chi connectivity index (χ1) is 14.9. The molecule has 0 spiro atoms. The Morgan fingerprint density at radius 3 is 2.03 bits per heavy atom. The summed E-state index contributed by atoms with van der Waals surface area (Å²) in [7, 11) is -1.94. The molecule has 0 saturated heterocycles. The van der Waals surface area contributed by atoms with Crippen molar-refractivity contribution >= 4 is 27.3 Å². The fourth-order valence-electron chi connectivity index (χ4n) is 3.11. The average Bonchev–Trinajstić information content (AvgIpc) is 2.79. The molecule has 0 bridgehead atoms. The van der Waals surface area contributed by atoms with Crippen LogP contribution in [0.5, 0.6) is 0 Å². The molecule has 1 amide bonds. The van der Waals surface area contributed by atoms with E-state index in [0.717, 1.165) is 15.6 Å². The number of para-hydroxylation sites is 1. The zero-order chi connectivity index (χ0) is 22.3. The summed E-state index contributed by atoms with van der Waals surface area (Å²) in [6.45, 7) is 2.63. The minimum Gasteiger partial charge on any atom is -0.373 e. The monoisotopic (exact) mass is 437 g/mol. The second-order valence-corrected chi connectivity index (χ2v) is 9.13. The Hall–Kier alpha value is -3.32. The molecule has 0 atom stereocenters. The molecular weight excluding hydrogens is 410 g/mol. The molecule has 0 heterocycles. The Labute approximate surface area is 184 Å². The summed E-state index contributed by atoms with van der Waals surface area (Å²) in [6.07, 6.45) is 0. The number of carbonyl (C=O) groups is 1. The van der Waals surface area contributed by atoms with Crippen LogP contribution in [0.1, 0.15) is 5.56 Å². The number of hydrogen-bond donors (Lipinski definition) is 1. The lowest BCUT2D eigenvalue weighted by atomic mass is 10.2. The minimum absolute atomic E-state index is 0.146. The topological polar surface area (TPSA) is 69.7 Å². The van der Waals surface area contributed by atoms with Gasteiger partial charge in [-0.25, -0.2) is 8.42 Å². The van der Waals surface area contributed by atoms with E-state index in [1.807, 2.05) is 61.3 Å². The van der Waals surface area contributed by atoms with E-state index in [4.69, 9.17) is 0 Å². The van der Waals surface area contributed by atoms with Crippen molar-refractivity contribution in [1.29, 1.82) is 0 Å². The SMILES string of the molecule is Cc1ccc(N(CC(=O)NCCN(C)c2ccccc2)S(=O)(=O)c2ccccc2)cc1. The standard InChI is InChI=1S/C24H27N3O3S/c1-20-13-15-22(16-14-20)27(31(29,30)23-11-7-4-8-12-23)19-24(28)25-17-18-26(2)21-9-5-3-6-10-21/h3-16H,17-19H2,1-2H3,(H,25,28). The number of rotatable bonds is 9. The van der Waals surface area contributed by atoms with Crippen molar-refractivity contribution in [3.63, 3.8) is 0 Å². The Bertz CT molecular complexity index is 1090. The van der Waals surface area contributed by atoms with E-state index in [9.17, 15) is 13.2 Å². The van der Waals surface area contributed by atoms with Gasteiger partial charge in [-0.05, 0) is 43.3 Å². The third kappa shape index (κ3) is 5.86. The van der Waals surface area contributed by atoms with Crippen LogP contribution in [0.25, 0.3) is 0 Å². The van der Waals surface area contributed by atoms with Crippen molar-refractivity contribution in [1.82, 2.24) is 5.32 Å². The van der Waals surface area contributed by atoms with Gasteiger partial charge in [0.05, 0.1) is 10.6 Å². The zero-order valence-electron chi connectivity index (χ0n) is 17.7. The van der Waals surface area contributed by atoms with E-state index in [1.165, 1.54) is 12.1 Å². The summed E-state index contributed by atoms with van der Waals surface area (Å²) in [5.74, 6) is -0.360. The highest BCUT2D eigenvalue weighted by atomic mass is 32.2. The molecule has 1 N–H and O–H groups in total. The van der Waals surface area contributed by atoms with Gasteiger partial charge in [-0.15, -0.1) is 0 Å². The third-order valence-electron chi connectivity index (χ3n) is 4.91. The second-order valence-electron chi connectivity index (χ2n) is 7.27. The first-order valence-electron chi connectivity index (χ1n) is 10.1. The number of nitrogens with one attached hydrogen (secondary N) is 1. The predicted molar refractivity (Wildman–Crippen MR) is 125 cm³/mol. The highest BCUT2D eigenvalue weighted by Crippen LogP contribution is 2.23. The van der Waals surface area contributed by atoms with Gasteiger partial charge in [0.15, 0.2) is 0 Å². The van der Waals surface area contributed by atoms with Crippen molar-refractivity contribution in [2.45, 2.75) is 11.8 Å². The summed E-state index contributed by atoms with van der Waals surface area (Å²) >= 11 is 0. The Kier molecular flexibility index (Phi) is 7.31. The summed E-state index contributed by atoms with van der Waals surface area (Å²) in [5, 5.41) is 2.83. The fraction of sp³-hybridized carbons (Fsp3) is 0.208. The van der Waals surface area contributed by atoms with Crippen molar-refractivity contribution < 1.29 is 13.2 Å². The minimum atomic E-state index is -3.88. The lowest BCUT2D eigenvalue weighted by molar-refractivity contribution is -0.119. The van der Waals surface area contributed by atoms with Crippen LogP contribution in [0, 0.1) is 6.92 Å². The first-order valence-corrected chi connectivity index (χ1v) is 11.5. The van der Waals surface area contributed by atoms with Crippen LogP contribution in [-0.4, -0.2) is 41.0 Å². The second kappa shape index (κ2) is 10.1. The number of anilines is 2. The highest BCUT2D eigenvalue weighted by Gasteiger charge is 2.26. The van der Waals surface area contributed by atoms with Crippen LogP contribution in [-0.2, 0) is 14.8 Å². The van der Waals surface area contributed by atoms with E-state index < -0.39 is 10.0 Å². The number of hydrogen-bond acceptors (Lipinski definition) is 4. The number of carbonyl (C=O) groups excluding carboxylic acids is 1. The molecule has 0 radical (unpaired) electrons. The molecule has 3 aromatic rings. The lowest BCUT2D eigenvalue weighted by Gasteiger charge is -2.25. The van der Waals surface area contributed by atoms with Crippen molar-refractivity contribution in [3.8, 4) is 0 Å². The quantitative estimate of drug-likeness (QED) is 0.557. The van der Waals surface area contributed by atoms with Crippen LogP contribution in [0.4, 0.5) is 11.4 Å². The molecular formula is C24H27N3O3S. The molecule has 31 heavy (non-hydrogen) atoms. The maximum atomic E-state index is 13.3. The molecule has 0 aliphatic carbocycles. The van der Waals surface area contributed by atoms with Crippen LogP contribution >= 0.6 is 0 Å². The summed E-state index contributed by atoms with van der Waals surface area (Å²) in [6, 6.07) is 25.1. The maximum absolute atomic E-state index is 13.3. The molecule has 0 aromatic heterocycles. The highest BCUT2D eigenvalue weighted by molar-refractivity contribution is 7.92. The third-order valence-corrected chi connectivity index (χ3v) is 6.69. The Morgan fingerprint density at radius 2 is 1.42 bits per heavy atom. The molecule has 0 fully saturated rings. The number of sulfonamides is 1. The molecule has 0 aliphatic rings. The van der Waals surface area contributed by atoms with Gasteiger partial charge in [0.25, 0.3) is 10.0 Å². The van der Waals surface area contributed by atoms with Gasteiger partial charge in [-0.2, -0.15) is 0 Å². The molecule has 0 unspecified atom stereocenters. The maximum Gasteiger partial charge on any atom is 0.264 e. The van der Waals surface area contributed by atoms with Crippen LogP contribution in [0.15, 0.2) is 89.8 Å². The number of benzene rings is 3. The summed E-state index contributed by atoms with van der Waals surface area (Å²) < 4.78 is 27.7. The van der Waals surface area contributed by atoms with Crippen LogP contribution in [0.2, 0.25) is 0 Å². The molecule has 7 heteroatoms. The van der Waals surface area contributed by atoms with Crippen molar-refractivity contribution in [3.05, 3.63) is 90.5 Å². The number of nitrogens with zero attached hydrogens (tertiary/aromatic N) is 2. The lowest BCUT2D eigenvalue weighted by Crippen LogP contribution is -2.42. The Balaban J connectivity index is 1.71. The average molecular weight is 438 g/mol. The largest absolute Gasteiger partial charge is 0.373 e. The summed E-state index contributed by atoms with van der Waals surface area (Å²) in [4.78, 5) is 14.8. The first kappa shape index (κ1) is 22.4. The number of amides is 1. The van der Waals surface area contributed by atoms with Gasteiger partial charge < -0.3 is 10.2 Å². The predicted octanol–water partition coefficient (Wildman–Crippen LogP) is 3.44. The molecule has 0 saturated carbocycles. The molecule has 162 valence electrons. The number of aryl methyl sites for hydroxylation is 1. The fourth-order valence-corrected chi connectivity index (χ4v) is 4.55. The zero-order valence-corrected chi connectivity index (χ0v) is 18.5. The van der Waals surface area contributed by atoms with Gasteiger partial charge in [-0.3, -0.25) is 9.10 Å². The van der Waals surface area contributed by atoms with E-state index >= 15 is 0 Å². The molecule has 3 rings (SSSR count). The molecule has 6 nitrogen and oxygen atoms in total. The van der Waals surface area contributed by atoms with Crippen LogP contribution in [0.3, 0.4) is 0 Å². The smallest absolute Gasteiger partial charge is 0.264 e. The van der Waals surface area contributed by atoms with Gasteiger partial charge in [0.1, 0.15) is 6.54 Å². The molecule has 3 aromatic carbocycles. The van der Waals surface area contributed by atoms with Crippen molar-refractivity contribution in [2.24, 2.45) is 0 Å². The van der Waals surface area contributed by atoms with E-state index in [2.05, 4.69) is 5.32 Å². The normalized spacial score (nSPS) is 11.0. The van der Waals surface area contributed by atoms with Gasteiger partial charge >= 0.3 is 0 Å². The van der Waals surface area contributed by atoms with Gasteiger partial charge in [0, 0.05) is 25.8 Å². The van der Waals surface area contributed by atoms with Gasteiger partial charge in [0.2, 0.25) is 5.91 Å². The molecule has 0 aliphatic heterocycles. The van der Waals surface area contributed by atoms with E-state index in [1.54, 1.807) is 30.3 Å².